The molecule has 2 heterocycles. The summed E-state index contributed by atoms with van der Waals surface area (Å²) in [5.74, 6) is -0.478. The van der Waals surface area contributed by atoms with Crippen molar-refractivity contribution in [1.82, 2.24) is 14.8 Å². The van der Waals surface area contributed by atoms with Gasteiger partial charge < -0.3 is 10.6 Å². The first-order valence-corrected chi connectivity index (χ1v) is 9.14. The lowest BCUT2D eigenvalue weighted by molar-refractivity contribution is 0.262. The Morgan fingerprint density at radius 1 is 1.03 bits per heavy atom. The predicted molar refractivity (Wildman–Crippen MR) is 112 cm³/mol. The van der Waals surface area contributed by atoms with E-state index in [1.807, 2.05) is 43.9 Å². The van der Waals surface area contributed by atoms with Gasteiger partial charge in [-0.2, -0.15) is 5.10 Å². The van der Waals surface area contributed by atoms with E-state index in [2.05, 4.69) is 20.7 Å². The second-order valence-corrected chi connectivity index (χ2v) is 6.93. The lowest BCUT2D eigenvalue weighted by Gasteiger charge is -2.10. The van der Waals surface area contributed by atoms with E-state index in [4.69, 9.17) is 0 Å². The fourth-order valence-electron chi connectivity index (χ4n) is 3.38. The van der Waals surface area contributed by atoms with E-state index in [-0.39, 0.29) is 5.69 Å². The monoisotopic (exact) mass is 389 g/mol. The van der Waals surface area contributed by atoms with Crippen LogP contribution in [0.3, 0.4) is 0 Å². The van der Waals surface area contributed by atoms with Crippen LogP contribution in [0, 0.1) is 19.7 Å². The van der Waals surface area contributed by atoms with Gasteiger partial charge in [0.15, 0.2) is 0 Å². The third kappa shape index (κ3) is 3.67. The van der Waals surface area contributed by atoms with Crippen LogP contribution >= 0.6 is 0 Å². The van der Waals surface area contributed by atoms with Gasteiger partial charge in [-0.15, -0.1) is 0 Å². The van der Waals surface area contributed by atoms with Gasteiger partial charge in [0.2, 0.25) is 0 Å². The molecule has 4 rings (SSSR count). The molecule has 0 saturated carbocycles. The van der Waals surface area contributed by atoms with Crippen molar-refractivity contribution in [3.05, 3.63) is 71.9 Å². The molecule has 0 aliphatic carbocycles. The summed E-state index contributed by atoms with van der Waals surface area (Å²) in [5.41, 5.74) is 5.44. The second-order valence-electron chi connectivity index (χ2n) is 6.93. The molecule has 0 atom stereocenters. The number of aryl methyl sites for hydroxylation is 3. The number of benzene rings is 2. The fourth-order valence-corrected chi connectivity index (χ4v) is 3.38. The maximum Gasteiger partial charge on any atom is 0.323 e. The number of aromatic nitrogens is 3. The molecule has 0 unspecified atom stereocenters. The number of hydrogen-bond acceptors (Lipinski definition) is 3. The SMILES string of the molecule is Cc1ccc(F)c(NC(=O)Nc2ccc(-c3cncc4c3c(C)nn4C)cc2)c1. The molecule has 0 fully saturated rings. The molecular weight excluding hydrogens is 369 g/mol. The number of nitrogens with zero attached hydrogens (tertiary/aromatic N) is 3. The topological polar surface area (TPSA) is 71.8 Å². The van der Waals surface area contributed by atoms with Crippen molar-refractivity contribution >= 4 is 28.3 Å². The minimum Gasteiger partial charge on any atom is -0.308 e. The van der Waals surface area contributed by atoms with Gasteiger partial charge in [0.05, 0.1) is 23.1 Å². The molecule has 0 bridgehead atoms. The highest BCUT2D eigenvalue weighted by Crippen LogP contribution is 2.30. The summed E-state index contributed by atoms with van der Waals surface area (Å²) in [6.07, 6.45) is 3.61. The number of nitrogens with one attached hydrogen (secondary N) is 2. The Labute approximate surface area is 167 Å². The van der Waals surface area contributed by atoms with Gasteiger partial charge in [-0.05, 0) is 49.2 Å². The summed E-state index contributed by atoms with van der Waals surface area (Å²) in [4.78, 5) is 16.5. The molecule has 2 N–H and O–H groups in total. The van der Waals surface area contributed by atoms with Crippen LogP contribution in [0.5, 0.6) is 0 Å². The molecule has 0 aliphatic rings. The van der Waals surface area contributed by atoms with Crippen LogP contribution < -0.4 is 10.6 Å². The van der Waals surface area contributed by atoms with Gasteiger partial charge in [-0.3, -0.25) is 9.67 Å². The maximum absolute atomic E-state index is 13.8. The van der Waals surface area contributed by atoms with Crippen molar-refractivity contribution in [2.75, 3.05) is 10.6 Å². The van der Waals surface area contributed by atoms with E-state index in [0.29, 0.717) is 5.69 Å². The van der Waals surface area contributed by atoms with E-state index in [9.17, 15) is 9.18 Å². The third-order valence-electron chi connectivity index (χ3n) is 4.76. The Bertz CT molecular complexity index is 1210. The summed E-state index contributed by atoms with van der Waals surface area (Å²) < 4.78 is 15.6. The molecule has 29 heavy (non-hydrogen) atoms. The number of amides is 2. The largest absolute Gasteiger partial charge is 0.323 e. The van der Waals surface area contributed by atoms with Gasteiger partial charge >= 0.3 is 6.03 Å². The van der Waals surface area contributed by atoms with E-state index >= 15 is 0 Å². The van der Waals surface area contributed by atoms with Crippen LogP contribution in [0.1, 0.15) is 11.3 Å². The second kappa shape index (κ2) is 7.35. The summed E-state index contributed by atoms with van der Waals surface area (Å²) in [6, 6.07) is 11.5. The zero-order chi connectivity index (χ0) is 20.5. The molecule has 4 aromatic rings. The first-order chi connectivity index (χ1) is 13.9. The molecule has 0 spiro atoms. The zero-order valence-corrected chi connectivity index (χ0v) is 16.3. The molecule has 6 nitrogen and oxygen atoms in total. The Balaban J connectivity index is 1.54. The number of carbonyl (C=O) groups is 1. The average Bonchev–Trinajstić information content (AvgIpc) is 2.99. The summed E-state index contributed by atoms with van der Waals surface area (Å²) in [7, 11) is 1.89. The maximum atomic E-state index is 13.8. The molecular formula is C22H20FN5O. The molecule has 146 valence electrons. The normalized spacial score (nSPS) is 10.9. The highest BCUT2D eigenvalue weighted by atomic mass is 19.1. The van der Waals surface area contributed by atoms with Gasteiger partial charge in [-0.25, -0.2) is 9.18 Å². The first-order valence-electron chi connectivity index (χ1n) is 9.14. The Morgan fingerprint density at radius 3 is 2.55 bits per heavy atom. The summed E-state index contributed by atoms with van der Waals surface area (Å²) >= 11 is 0. The number of urea groups is 1. The number of rotatable bonds is 3. The van der Waals surface area contributed by atoms with Gasteiger partial charge in [0, 0.05) is 29.9 Å². The van der Waals surface area contributed by atoms with Gasteiger partial charge in [0.25, 0.3) is 0 Å². The molecule has 0 radical (unpaired) electrons. The minimum absolute atomic E-state index is 0.143. The molecule has 2 aromatic heterocycles. The Kier molecular flexibility index (Phi) is 4.72. The average molecular weight is 389 g/mol. The lowest BCUT2D eigenvalue weighted by Crippen LogP contribution is -2.20. The van der Waals surface area contributed by atoms with Gasteiger partial charge in [-0.1, -0.05) is 18.2 Å². The highest BCUT2D eigenvalue weighted by molar-refractivity contribution is 6.00. The Morgan fingerprint density at radius 2 is 1.79 bits per heavy atom. The molecule has 2 amide bonds. The van der Waals surface area contributed by atoms with Crippen molar-refractivity contribution in [3.8, 4) is 11.1 Å². The van der Waals surface area contributed by atoms with Crippen LogP contribution in [0.2, 0.25) is 0 Å². The quantitative estimate of drug-likeness (QED) is 0.516. The first kappa shape index (κ1) is 18.6. The smallest absolute Gasteiger partial charge is 0.308 e. The van der Waals surface area contributed by atoms with Crippen molar-refractivity contribution in [1.29, 1.82) is 0 Å². The van der Waals surface area contributed by atoms with Crippen molar-refractivity contribution in [3.63, 3.8) is 0 Å². The van der Waals surface area contributed by atoms with Gasteiger partial charge in [0.1, 0.15) is 5.82 Å². The zero-order valence-electron chi connectivity index (χ0n) is 16.3. The van der Waals surface area contributed by atoms with E-state index < -0.39 is 11.8 Å². The van der Waals surface area contributed by atoms with E-state index in [1.54, 1.807) is 30.5 Å². The number of anilines is 2. The van der Waals surface area contributed by atoms with Crippen LogP contribution in [0.25, 0.3) is 22.0 Å². The van der Waals surface area contributed by atoms with Crippen molar-refractivity contribution in [2.45, 2.75) is 13.8 Å². The number of hydrogen-bond donors (Lipinski definition) is 2. The van der Waals surface area contributed by atoms with Crippen LogP contribution in [-0.2, 0) is 7.05 Å². The van der Waals surface area contributed by atoms with Crippen molar-refractivity contribution < 1.29 is 9.18 Å². The Hall–Kier alpha value is -3.74. The number of pyridine rings is 1. The van der Waals surface area contributed by atoms with Crippen molar-refractivity contribution in [2.24, 2.45) is 7.05 Å². The van der Waals surface area contributed by atoms with Crippen LogP contribution in [0.15, 0.2) is 54.9 Å². The fraction of sp³-hybridized carbons (Fsp3) is 0.136. The van der Waals surface area contributed by atoms with E-state index in [0.717, 1.165) is 33.3 Å². The molecule has 0 saturated heterocycles. The molecule has 2 aromatic carbocycles. The number of carbonyl (C=O) groups excluding carboxylic acids is 1. The minimum atomic E-state index is -0.505. The summed E-state index contributed by atoms with van der Waals surface area (Å²) in [5, 5.41) is 10.8. The number of fused-ring (bicyclic) bond motifs is 1. The summed E-state index contributed by atoms with van der Waals surface area (Å²) in [6.45, 7) is 3.80. The number of halogens is 1. The van der Waals surface area contributed by atoms with Crippen LogP contribution in [-0.4, -0.2) is 20.8 Å². The van der Waals surface area contributed by atoms with Crippen LogP contribution in [0.4, 0.5) is 20.6 Å². The predicted octanol–water partition coefficient (Wildman–Crippen LogP) is 5.04. The lowest BCUT2D eigenvalue weighted by atomic mass is 10.0. The molecule has 7 heteroatoms. The highest BCUT2D eigenvalue weighted by Gasteiger charge is 2.12. The molecule has 0 aliphatic heterocycles. The van der Waals surface area contributed by atoms with E-state index in [1.165, 1.54) is 6.07 Å². The standard InChI is InChI=1S/C22H20FN5O/c1-13-4-9-18(23)19(10-13)26-22(29)25-16-7-5-15(6-8-16)17-11-24-12-20-21(17)14(2)27-28(20)3/h4-12H,1-3H3,(H2,25,26,29). The third-order valence-corrected chi connectivity index (χ3v) is 4.76.